The van der Waals surface area contributed by atoms with Crippen LogP contribution in [0, 0.1) is 6.92 Å². The lowest BCUT2D eigenvalue weighted by atomic mass is 9.85. The number of ether oxygens (including phenoxy) is 1. The summed E-state index contributed by atoms with van der Waals surface area (Å²) in [7, 11) is 0. The van der Waals surface area contributed by atoms with Crippen LogP contribution in [0.4, 0.5) is 0 Å². The van der Waals surface area contributed by atoms with E-state index in [1.54, 1.807) is 6.20 Å². The molecule has 4 nitrogen and oxygen atoms in total. The van der Waals surface area contributed by atoms with E-state index in [0.717, 1.165) is 24.2 Å². The molecule has 0 aliphatic rings. The monoisotopic (exact) mass is 340 g/mol. The highest BCUT2D eigenvalue weighted by Gasteiger charge is 2.21. The molecule has 0 radical (unpaired) electrons. The van der Waals surface area contributed by atoms with Gasteiger partial charge in [0.05, 0.1) is 6.61 Å². The van der Waals surface area contributed by atoms with Gasteiger partial charge in [0.25, 0.3) is 0 Å². The second-order valence-electron chi connectivity index (χ2n) is 7.02. The smallest absolute Gasteiger partial charge is 0.220 e. The zero-order valence-electron chi connectivity index (χ0n) is 15.4. The number of rotatable bonds is 9. The van der Waals surface area contributed by atoms with Crippen molar-refractivity contribution in [3.8, 4) is 5.75 Å². The number of benzene rings is 1. The molecule has 0 aliphatic carbocycles. The molecule has 1 aromatic heterocycles. The molecule has 0 bridgehead atoms. The maximum absolute atomic E-state index is 12.0. The van der Waals surface area contributed by atoms with Crippen LogP contribution in [0.25, 0.3) is 0 Å². The van der Waals surface area contributed by atoms with E-state index in [1.165, 1.54) is 5.56 Å². The Balaban J connectivity index is 1.62. The maximum atomic E-state index is 12.0. The lowest BCUT2D eigenvalue weighted by Gasteiger charge is -2.25. The number of hydrogen-bond donors (Lipinski definition) is 1. The molecule has 2 aromatic rings. The van der Waals surface area contributed by atoms with Crippen molar-refractivity contribution >= 4 is 5.91 Å². The van der Waals surface area contributed by atoms with Gasteiger partial charge in [0, 0.05) is 30.8 Å². The van der Waals surface area contributed by atoms with E-state index >= 15 is 0 Å². The van der Waals surface area contributed by atoms with Crippen molar-refractivity contribution < 1.29 is 9.53 Å². The summed E-state index contributed by atoms with van der Waals surface area (Å²) in [5.41, 5.74) is 2.19. The summed E-state index contributed by atoms with van der Waals surface area (Å²) >= 11 is 0. The molecule has 25 heavy (non-hydrogen) atoms. The molecule has 0 atom stereocenters. The van der Waals surface area contributed by atoms with Crippen LogP contribution in [0.2, 0.25) is 0 Å². The Morgan fingerprint density at radius 1 is 1.20 bits per heavy atom. The molecule has 0 aliphatic heterocycles. The summed E-state index contributed by atoms with van der Waals surface area (Å²) in [4.78, 5) is 16.2. The Kier molecular flexibility index (Phi) is 6.99. The first-order chi connectivity index (χ1) is 12.0. The van der Waals surface area contributed by atoms with Gasteiger partial charge in [0.15, 0.2) is 0 Å². The van der Waals surface area contributed by atoms with Gasteiger partial charge in [-0.05, 0) is 49.1 Å². The van der Waals surface area contributed by atoms with Gasteiger partial charge >= 0.3 is 0 Å². The van der Waals surface area contributed by atoms with Crippen LogP contribution >= 0.6 is 0 Å². The first-order valence-corrected chi connectivity index (χ1v) is 8.84. The van der Waals surface area contributed by atoms with Crippen molar-refractivity contribution in [3.63, 3.8) is 0 Å². The predicted molar refractivity (Wildman–Crippen MR) is 101 cm³/mol. The number of nitrogens with zero attached hydrogens (tertiary/aromatic N) is 1. The highest BCUT2D eigenvalue weighted by Crippen LogP contribution is 2.21. The van der Waals surface area contributed by atoms with E-state index < -0.39 is 0 Å². The highest BCUT2D eigenvalue weighted by molar-refractivity contribution is 5.75. The largest absolute Gasteiger partial charge is 0.494 e. The number of nitrogens with one attached hydrogen (secondary N) is 1. The first-order valence-electron chi connectivity index (χ1n) is 8.84. The molecule has 0 fully saturated rings. The van der Waals surface area contributed by atoms with Crippen LogP contribution in [0.15, 0.2) is 48.8 Å². The Bertz CT molecular complexity index is 669. The summed E-state index contributed by atoms with van der Waals surface area (Å²) in [6, 6.07) is 12.0. The second-order valence-corrected chi connectivity index (χ2v) is 7.02. The van der Waals surface area contributed by atoms with E-state index in [9.17, 15) is 4.79 Å². The van der Waals surface area contributed by atoms with Gasteiger partial charge < -0.3 is 10.1 Å². The van der Waals surface area contributed by atoms with E-state index in [0.29, 0.717) is 19.6 Å². The minimum absolute atomic E-state index is 0.0903. The fourth-order valence-corrected chi connectivity index (χ4v) is 2.56. The number of aryl methyl sites for hydroxylation is 1. The highest BCUT2D eigenvalue weighted by atomic mass is 16.5. The third kappa shape index (κ3) is 6.57. The van der Waals surface area contributed by atoms with E-state index in [-0.39, 0.29) is 11.3 Å². The van der Waals surface area contributed by atoms with Gasteiger partial charge in [0.1, 0.15) is 5.75 Å². The van der Waals surface area contributed by atoms with Crippen LogP contribution in [-0.4, -0.2) is 24.0 Å². The minimum Gasteiger partial charge on any atom is -0.494 e. The lowest BCUT2D eigenvalue weighted by molar-refractivity contribution is -0.121. The average Bonchev–Trinajstić information content (AvgIpc) is 2.61. The fraction of sp³-hybridized carbons (Fsp3) is 0.429. The van der Waals surface area contributed by atoms with Crippen LogP contribution in [0.3, 0.4) is 0 Å². The van der Waals surface area contributed by atoms with Crippen molar-refractivity contribution in [2.45, 2.75) is 45.4 Å². The summed E-state index contributed by atoms with van der Waals surface area (Å²) in [6.45, 7) is 7.51. The summed E-state index contributed by atoms with van der Waals surface area (Å²) in [5.74, 6) is 0.982. The van der Waals surface area contributed by atoms with Gasteiger partial charge in [-0.15, -0.1) is 0 Å². The van der Waals surface area contributed by atoms with Crippen molar-refractivity contribution in [2.75, 3.05) is 13.2 Å². The summed E-state index contributed by atoms with van der Waals surface area (Å²) in [5, 5.41) is 3.03. The maximum Gasteiger partial charge on any atom is 0.220 e. The molecule has 1 heterocycles. The van der Waals surface area contributed by atoms with Crippen molar-refractivity contribution in [1.82, 2.24) is 10.3 Å². The summed E-state index contributed by atoms with van der Waals surface area (Å²) in [6.07, 6.45) is 5.84. The zero-order chi connectivity index (χ0) is 18.1. The number of carbonyl (C=O) groups excluding carboxylic acids is 1. The Morgan fingerprint density at radius 3 is 2.76 bits per heavy atom. The van der Waals surface area contributed by atoms with Crippen LogP contribution in [0.5, 0.6) is 5.75 Å². The molecular weight excluding hydrogens is 312 g/mol. The number of aromatic nitrogens is 1. The molecule has 0 spiro atoms. The minimum atomic E-state index is -0.127. The SMILES string of the molecule is Cc1cccc(OCCCCC(=O)NCC(C)(C)c2cccnc2)c1. The zero-order valence-corrected chi connectivity index (χ0v) is 15.4. The molecule has 4 heteroatoms. The third-order valence-corrected chi connectivity index (χ3v) is 4.23. The second kappa shape index (κ2) is 9.21. The van der Waals surface area contributed by atoms with E-state index in [2.05, 4.69) is 24.1 Å². The number of hydrogen-bond acceptors (Lipinski definition) is 3. The lowest BCUT2D eigenvalue weighted by Crippen LogP contribution is -2.36. The van der Waals surface area contributed by atoms with Crippen LogP contribution in [-0.2, 0) is 10.2 Å². The standard InChI is InChI=1S/C21H28N2O2/c1-17-8-6-10-19(14-17)25-13-5-4-11-20(24)23-16-21(2,3)18-9-7-12-22-15-18/h6-10,12,14-15H,4-5,11,13,16H2,1-3H3,(H,23,24). The normalized spacial score (nSPS) is 11.2. The molecule has 134 valence electrons. The Morgan fingerprint density at radius 2 is 2.04 bits per heavy atom. The molecule has 0 saturated heterocycles. The molecule has 1 amide bonds. The quantitative estimate of drug-likeness (QED) is 0.701. The molecule has 0 saturated carbocycles. The third-order valence-electron chi connectivity index (χ3n) is 4.23. The first kappa shape index (κ1) is 19.0. The molecule has 0 unspecified atom stereocenters. The topological polar surface area (TPSA) is 51.2 Å². The Labute approximate surface area is 150 Å². The number of unbranched alkanes of at least 4 members (excludes halogenated alkanes) is 1. The van der Waals surface area contributed by atoms with Crippen LogP contribution in [0.1, 0.15) is 44.2 Å². The number of amides is 1. The van der Waals surface area contributed by atoms with Gasteiger partial charge in [-0.2, -0.15) is 0 Å². The van der Waals surface area contributed by atoms with Gasteiger partial charge in [-0.1, -0.05) is 32.0 Å². The van der Waals surface area contributed by atoms with E-state index in [4.69, 9.17) is 4.74 Å². The molecule has 2 rings (SSSR count). The van der Waals surface area contributed by atoms with Gasteiger partial charge in [0.2, 0.25) is 5.91 Å². The van der Waals surface area contributed by atoms with E-state index in [1.807, 2.05) is 49.5 Å². The number of carbonyl (C=O) groups is 1. The molecule has 1 N–H and O–H groups in total. The number of pyridine rings is 1. The van der Waals surface area contributed by atoms with Gasteiger partial charge in [-0.3, -0.25) is 9.78 Å². The fourth-order valence-electron chi connectivity index (χ4n) is 2.56. The van der Waals surface area contributed by atoms with Crippen molar-refractivity contribution in [2.24, 2.45) is 0 Å². The average molecular weight is 340 g/mol. The van der Waals surface area contributed by atoms with Crippen molar-refractivity contribution in [3.05, 3.63) is 59.9 Å². The van der Waals surface area contributed by atoms with Crippen LogP contribution < -0.4 is 10.1 Å². The summed E-state index contributed by atoms with van der Waals surface area (Å²) < 4.78 is 5.70. The van der Waals surface area contributed by atoms with Crippen molar-refractivity contribution in [1.29, 1.82) is 0 Å². The Hall–Kier alpha value is -2.36. The molecule has 1 aromatic carbocycles. The molecular formula is C21H28N2O2. The van der Waals surface area contributed by atoms with Gasteiger partial charge in [-0.25, -0.2) is 0 Å². The predicted octanol–water partition coefficient (Wildman–Crippen LogP) is 4.03.